The first-order valence-electron chi connectivity index (χ1n) is 6.72. The van der Waals surface area contributed by atoms with Gasteiger partial charge in [-0.1, -0.05) is 20.8 Å². The number of carboxylic acid groups (broad SMARTS) is 1. The summed E-state index contributed by atoms with van der Waals surface area (Å²) in [5.74, 6) is 0. The second-order valence-electron chi connectivity index (χ2n) is 6.12. The third kappa shape index (κ3) is 4.14. The molecule has 1 unspecified atom stereocenters. The second kappa shape index (κ2) is 6.38. The molecule has 0 spiro atoms. The predicted octanol–water partition coefficient (Wildman–Crippen LogP) is 1.31. The Balaban J connectivity index is 2.59. The lowest BCUT2D eigenvalue weighted by molar-refractivity contribution is 0.0215. The van der Waals surface area contributed by atoms with Gasteiger partial charge < -0.3 is 15.3 Å². The minimum atomic E-state index is -0.787. The van der Waals surface area contributed by atoms with Gasteiger partial charge in [-0.2, -0.15) is 0 Å². The topological polar surface area (TPSA) is 55.8 Å². The SMILES string of the molecule is CNCCCN1CCN(C(=O)O)C(C(C)(C)C)C1. The van der Waals surface area contributed by atoms with Crippen molar-refractivity contribution in [2.75, 3.05) is 39.8 Å². The van der Waals surface area contributed by atoms with Crippen molar-refractivity contribution in [1.82, 2.24) is 15.1 Å². The smallest absolute Gasteiger partial charge is 0.407 e. The molecular weight excluding hydrogens is 230 g/mol. The molecule has 0 aromatic heterocycles. The molecular formula is C13H27N3O2. The van der Waals surface area contributed by atoms with Crippen LogP contribution in [0.3, 0.4) is 0 Å². The van der Waals surface area contributed by atoms with Crippen LogP contribution in [0.2, 0.25) is 0 Å². The van der Waals surface area contributed by atoms with E-state index in [2.05, 4.69) is 31.0 Å². The van der Waals surface area contributed by atoms with E-state index in [1.54, 1.807) is 4.90 Å². The Kier molecular flexibility index (Phi) is 5.41. The summed E-state index contributed by atoms with van der Waals surface area (Å²) in [6, 6.07) is 0.0818. The summed E-state index contributed by atoms with van der Waals surface area (Å²) in [5, 5.41) is 12.4. The number of nitrogens with one attached hydrogen (secondary N) is 1. The van der Waals surface area contributed by atoms with Crippen molar-refractivity contribution in [1.29, 1.82) is 0 Å². The maximum atomic E-state index is 11.3. The van der Waals surface area contributed by atoms with Gasteiger partial charge >= 0.3 is 6.09 Å². The molecule has 1 saturated heterocycles. The molecule has 1 fully saturated rings. The van der Waals surface area contributed by atoms with E-state index in [1.807, 2.05) is 7.05 Å². The molecule has 2 N–H and O–H groups in total. The summed E-state index contributed by atoms with van der Waals surface area (Å²) in [6.07, 6.45) is 0.324. The molecule has 1 aliphatic heterocycles. The Bertz CT molecular complexity index is 276. The summed E-state index contributed by atoms with van der Waals surface area (Å²) in [5.41, 5.74) is -0.0138. The van der Waals surface area contributed by atoms with Crippen molar-refractivity contribution in [2.24, 2.45) is 5.41 Å². The highest BCUT2D eigenvalue weighted by Crippen LogP contribution is 2.27. The third-order valence-corrected chi connectivity index (χ3v) is 3.61. The van der Waals surface area contributed by atoms with Gasteiger partial charge in [0.05, 0.1) is 6.04 Å². The fourth-order valence-corrected chi connectivity index (χ4v) is 2.49. The van der Waals surface area contributed by atoms with E-state index in [4.69, 9.17) is 0 Å². The maximum Gasteiger partial charge on any atom is 0.407 e. The van der Waals surface area contributed by atoms with E-state index >= 15 is 0 Å². The molecule has 0 bridgehead atoms. The normalized spacial score (nSPS) is 22.2. The number of hydrogen-bond acceptors (Lipinski definition) is 3. The Labute approximate surface area is 110 Å². The standard InChI is InChI=1S/C13H27N3O2/c1-13(2,3)11-10-15(7-5-6-14-4)8-9-16(11)12(17)18/h11,14H,5-10H2,1-4H3,(H,17,18). The van der Waals surface area contributed by atoms with E-state index < -0.39 is 6.09 Å². The first kappa shape index (κ1) is 15.2. The van der Waals surface area contributed by atoms with Crippen molar-refractivity contribution in [3.05, 3.63) is 0 Å². The maximum absolute atomic E-state index is 11.3. The van der Waals surface area contributed by atoms with Gasteiger partial charge in [-0.05, 0) is 32.0 Å². The van der Waals surface area contributed by atoms with Crippen molar-refractivity contribution >= 4 is 6.09 Å². The Morgan fingerprint density at radius 1 is 1.39 bits per heavy atom. The Morgan fingerprint density at radius 2 is 2.06 bits per heavy atom. The van der Waals surface area contributed by atoms with Crippen LogP contribution in [0.5, 0.6) is 0 Å². The summed E-state index contributed by atoms with van der Waals surface area (Å²) in [4.78, 5) is 15.3. The first-order valence-corrected chi connectivity index (χ1v) is 6.72. The number of rotatable bonds is 4. The molecule has 106 valence electrons. The third-order valence-electron chi connectivity index (χ3n) is 3.61. The van der Waals surface area contributed by atoms with Crippen LogP contribution in [-0.2, 0) is 0 Å². The molecule has 0 aromatic carbocycles. The number of piperazine rings is 1. The van der Waals surface area contributed by atoms with Crippen LogP contribution in [0.25, 0.3) is 0 Å². The molecule has 18 heavy (non-hydrogen) atoms. The van der Waals surface area contributed by atoms with Crippen LogP contribution in [-0.4, -0.2) is 66.8 Å². The Hall–Kier alpha value is -0.810. The second-order valence-corrected chi connectivity index (χ2v) is 6.12. The molecule has 1 heterocycles. The van der Waals surface area contributed by atoms with Gasteiger partial charge in [-0.15, -0.1) is 0 Å². The van der Waals surface area contributed by atoms with Crippen molar-refractivity contribution in [2.45, 2.75) is 33.2 Å². The number of nitrogens with zero attached hydrogens (tertiary/aromatic N) is 2. The molecule has 0 saturated carbocycles. The van der Waals surface area contributed by atoms with E-state index in [9.17, 15) is 9.90 Å². The molecule has 0 aromatic rings. The molecule has 5 heteroatoms. The van der Waals surface area contributed by atoms with Crippen LogP contribution in [0, 0.1) is 5.41 Å². The highest BCUT2D eigenvalue weighted by atomic mass is 16.4. The van der Waals surface area contributed by atoms with Gasteiger partial charge in [-0.3, -0.25) is 4.90 Å². The summed E-state index contributed by atoms with van der Waals surface area (Å²) in [7, 11) is 1.96. The Morgan fingerprint density at radius 3 is 2.56 bits per heavy atom. The van der Waals surface area contributed by atoms with Crippen LogP contribution < -0.4 is 5.32 Å². The zero-order chi connectivity index (χ0) is 13.8. The van der Waals surface area contributed by atoms with Crippen LogP contribution >= 0.6 is 0 Å². The summed E-state index contributed by atoms with van der Waals surface area (Å²) in [6.45, 7) is 10.7. The van der Waals surface area contributed by atoms with Crippen molar-refractivity contribution < 1.29 is 9.90 Å². The van der Waals surface area contributed by atoms with Gasteiger partial charge in [0.25, 0.3) is 0 Å². The van der Waals surface area contributed by atoms with E-state index in [-0.39, 0.29) is 11.5 Å². The van der Waals surface area contributed by atoms with Gasteiger partial charge in [0.1, 0.15) is 0 Å². The minimum absolute atomic E-state index is 0.0138. The molecule has 1 rings (SSSR count). The van der Waals surface area contributed by atoms with E-state index in [1.165, 1.54) is 0 Å². The summed E-state index contributed by atoms with van der Waals surface area (Å²) < 4.78 is 0. The zero-order valence-corrected chi connectivity index (χ0v) is 12.1. The predicted molar refractivity (Wildman–Crippen MR) is 73.0 cm³/mol. The highest BCUT2D eigenvalue weighted by Gasteiger charge is 2.37. The van der Waals surface area contributed by atoms with E-state index in [0.717, 1.165) is 32.6 Å². The van der Waals surface area contributed by atoms with Gasteiger partial charge in [0, 0.05) is 19.6 Å². The highest BCUT2D eigenvalue weighted by molar-refractivity contribution is 5.65. The lowest BCUT2D eigenvalue weighted by Crippen LogP contribution is -2.59. The molecule has 0 radical (unpaired) electrons. The minimum Gasteiger partial charge on any atom is -0.465 e. The lowest BCUT2D eigenvalue weighted by atomic mass is 9.84. The van der Waals surface area contributed by atoms with Crippen LogP contribution in [0.1, 0.15) is 27.2 Å². The lowest BCUT2D eigenvalue weighted by Gasteiger charge is -2.46. The molecule has 5 nitrogen and oxygen atoms in total. The number of carbonyl (C=O) groups is 1. The van der Waals surface area contributed by atoms with Crippen molar-refractivity contribution in [3.8, 4) is 0 Å². The number of hydrogen-bond donors (Lipinski definition) is 2. The van der Waals surface area contributed by atoms with Gasteiger partial charge in [0.2, 0.25) is 0 Å². The summed E-state index contributed by atoms with van der Waals surface area (Å²) >= 11 is 0. The molecule has 0 aliphatic carbocycles. The molecule has 1 amide bonds. The first-order chi connectivity index (χ1) is 8.36. The molecule has 1 atom stereocenters. The van der Waals surface area contributed by atoms with Crippen molar-refractivity contribution in [3.63, 3.8) is 0 Å². The largest absolute Gasteiger partial charge is 0.465 e. The average Bonchev–Trinajstić information content (AvgIpc) is 2.28. The van der Waals surface area contributed by atoms with E-state index in [0.29, 0.717) is 6.54 Å². The van der Waals surface area contributed by atoms with Gasteiger partial charge in [0.15, 0.2) is 0 Å². The monoisotopic (exact) mass is 257 g/mol. The quantitative estimate of drug-likeness (QED) is 0.746. The fraction of sp³-hybridized carbons (Fsp3) is 0.923. The fourth-order valence-electron chi connectivity index (χ4n) is 2.49. The van der Waals surface area contributed by atoms with Crippen LogP contribution in [0.4, 0.5) is 4.79 Å². The zero-order valence-electron chi connectivity index (χ0n) is 12.1. The van der Waals surface area contributed by atoms with Crippen LogP contribution in [0.15, 0.2) is 0 Å². The van der Waals surface area contributed by atoms with Gasteiger partial charge in [-0.25, -0.2) is 4.79 Å². The average molecular weight is 257 g/mol. The number of amides is 1. The molecule has 1 aliphatic rings.